The third-order valence-corrected chi connectivity index (χ3v) is 6.15. The van der Waals surface area contributed by atoms with Crippen molar-refractivity contribution >= 4 is 0 Å². The van der Waals surface area contributed by atoms with Crippen LogP contribution in [0.15, 0.2) is 77.9 Å². The van der Waals surface area contributed by atoms with Gasteiger partial charge < -0.3 is 9.47 Å². The van der Waals surface area contributed by atoms with Gasteiger partial charge in [-0.1, -0.05) is 65.8 Å². The highest BCUT2D eigenvalue weighted by Crippen LogP contribution is 2.43. The molecule has 4 rings (SSSR count). The lowest BCUT2D eigenvalue weighted by atomic mass is 9.82. The fraction of sp³-hybridized carbons (Fsp3) is 0.308. The first-order valence-electron chi connectivity index (χ1n) is 10.8. The fourth-order valence-electron chi connectivity index (χ4n) is 4.63. The summed E-state index contributed by atoms with van der Waals surface area (Å²) in [6.07, 6.45) is 1.73. The van der Waals surface area contributed by atoms with E-state index in [0.717, 1.165) is 42.8 Å². The van der Waals surface area contributed by atoms with Crippen LogP contribution in [-0.2, 0) is 19.5 Å². The van der Waals surface area contributed by atoms with Gasteiger partial charge in [-0.25, -0.2) is 0 Å². The Kier molecular flexibility index (Phi) is 6.95. The van der Waals surface area contributed by atoms with Gasteiger partial charge in [-0.15, -0.1) is 0 Å². The largest absolute Gasteiger partial charge is 0.497 e. The first-order valence-corrected chi connectivity index (χ1v) is 10.8. The maximum atomic E-state index is 9.45. The van der Waals surface area contributed by atoms with E-state index < -0.39 is 0 Å². The van der Waals surface area contributed by atoms with Crippen LogP contribution in [0.1, 0.15) is 34.7 Å². The Morgan fingerprint density at radius 2 is 1.56 bits per heavy atom. The van der Waals surface area contributed by atoms with Gasteiger partial charge in [0.2, 0.25) is 0 Å². The summed E-state index contributed by atoms with van der Waals surface area (Å²) in [7, 11) is 3.31. The fourth-order valence-corrected chi connectivity index (χ4v) is 4.63. The van der Waals surface area contributed by atoms with Gasteiger partial charge >= 0.3 is 0 Å². The standard InChI is InChI=1S/C26H28N4O2/c1-31-21-15-23-22(25(16-21)32-2)13-14-24(26(23)28-29-27)30(17-19-9-5-3-6-10-19)18-20-11-7-4-8-12-20/h3-12,15-16,24,26H,13-14,17-18H2,1-2H3/t24-,26-/m1/s1. The van der Waals surface area contributed by atoms with Gasteiger partial charge in [0.05, 0.1) is 20.3 Å². The topological polar surface area (TPSA) is 70.5 Å². The van der Waals surface area contributed by atoms with E-state index in [1.54, 1.807) is 14.2 Å². The normalized spacial score (nSPS) is 17.3. The van der Waals surface area contributed by atoms with E-state index in [9.17, 15) is 5.53 Å². The SMILES string of the molecule is COc1cc(OC)c2c(c1)[C@@H](N=[N+]=[N-])[C@H](N(Cc1ccccc1)Cc1ccccc1)CC2. The van der Waals surface area contributed by atoms with Gasteiger partial charge in [0.1, 0.15) is 11.5 Å². The predicted octanol–water partition coefficient (Wildman–Crippen LogP) is 6.07. The third kappa shape index (κ3) is 4.72. The molecule has 0 unspecified atom stereocenters. The number of azide groups is 1. The highest BCUT2D eigenvalue weighted by atomic mass is 16.5. The molecule has 164 valence electrons. The van der Waals surface area contributed by atoms with Crippen molar-refractivity contribution in [1.29, 1.82) is 0 Å². The minimum Gasteiger partial charge on any atom is -0.497 e. The van der Waals surface area contributed by atoms with Gasteiger partial charge in [-0.3, -0.25) is 4.90 Å². The van der Waals surface area contributed by atoms with Crippen LogP contribution in [0.3, 0.4) is 0 Å². The van der Waals surface area contributed by atoms with E-state index in [2.05, 4.69) is 63.5 Å². The van der Waals surface area contributed by atoms with Gasteiger partial charge in [0, 0.05) is 30.1 Å². The molecule has 3 aromatic carbocycles. The Labute approximate surface area is 189 Å². The molecule has 6 nitrogen and oxygen atoms in total. The van der Waals surface area contributed by atoms with Crippen molar-refractivity contribution in [3.05, 3.63) is 105 Å². The molecule has 32 heavy (non-hydrogen) atoms. The van der Waals surface area contributed by atoms with Crippen LogP contribution in [-0.4, -0.2) is 25.2 Å². The molecule has 0 saturated carbocycles. The second kappa shape index (κ2) is 10.2. The van der Waals surface area contributed by atoms with E-state index in [1.807, 2.05) is 24.3 Å². The molecular formula is C26H28N4O2. The average Bonchev–Trinajstić information content (AvgIpc) is 2.84. The summed E-state index contributed by atoms with van der Waals surface area (Å²) in [5, 5.41) is 4.29. The van der Waals surface area contributed by atoms with Crippen LogP contribution in [0.2, 0.25) is 0 Å². The molecule has 6 heteroatoms. The Hall–Kier alpha value is -3.47. The molecule has 0 saturated heterocycles. The van der Waals surface area contributed by atoms with Crippen molar-refractivity contribution in [2.24, 2.45) is 5.11 Å². The quantitative estimate of drug-likeness (QED) is 0.248. The Bertz CT molecular complexity index is 1040. The molecule has 0 radical (unpaired) electrons. The number of benzene rings is 3. The Balaban J connectivity index is 1.75. The van der Waals surface area contributed by atoms with Crippen molar-refractivity contribution in [2.75, 3.05) is 14.2 Å². The molecule has 0 aromatic heterocycles. The van der Waals surface area contributed by atoms with E-state index in [4.69, 9.17) is 9.47 Å². The highest BCUT2D eigenvalue weighted by molar-refractivity contribution is 5.50. The van der Waals surface area contributed by atoms with Crippen LogP contribution in [0.5, 0.6) is 11.5 Å². The van der Waals surface area contributed by atoms with Crippen LogP contribution < -0.4 is 9.47 Å². The summed E-state index contributed by atoms with van der Waals surface area (Å²) in [5.41, 5.74) is 14.0. The van der Waals surface area contributed by atoms with Crippen molar-refractivity contribution in [3.8, 4) is 11.5 Å². The van der Waals surface area contributed by atoms with Crippen molar-refractivity contribution in [2.45, 2.75) is 38.0 Å². The van der Waals surface area contributed by atoms with Crippen LogP contribution in [0.25, 0.3) is 10.4 Å². The van der Waals surface area contributed by atoms with Gasteiger partial charge in [0.25, 0.3) is 0 Å². The van der Waals surface area contributed by atoms with Crippen LogP contribution in [0, 0.1) is 0 Å². The maximum Gasteiger partial charge on any atom is 0.126 e. The van der Waals surface area contributed by atoms with Crippen molar-refractivity contribution < 1.29 is 9.47 Å². The van der Waals surface area contributed by atoms with Gasteiger partial charge in [0.15, 0.2) is 0 Å². The summed E-state index contributed by atoms with van der Waals surface area (Å²) in [5.74, 6) is 1.49. The molecule has 0 heterocycles. The van der Waals surface area contributed by atoms with Gasteiger partial charge in [-0.2, -0.15) is 0 Å². The molecule has 0 fully saturated rings. The maximum absolute atomic E-state index is 9.45. The van der Waals surface area contributed by atoms with Crippen molar-refractivity contribution in [1.82, 2.24) is 4.90 Å². The average molecular weight is 429 g/mol. The zero-order valence-corrected chi connectivity index (χ0v) is 18.5. The van der Waals surface area contributed by atoms with Crippen LogP contribution >= 0.6 is 0 Å². The third-order valence-electron chi connectivity index (χ3n) is 6.15. The number of rotatable bonds is 8. The van der Waals surface area contributed by atoms with E-state index in [1.165, 1.54) is 11.1 Å². The summed E-state index contributed by atoms with van der Waals surface area (Å²) < 4.78 is 11.1. The molecule has 3 aromatic rings. The summed E-state index contributed by atoms with van der Waals surface area (Å²) in [4.78, 5) is 5.66. The zero-order valence-electron chi connectivity index (χ0n) is 18.5. The first-order chi connectivity index (χ1) is 15.7. The zero-order chi connectivity index (χ0) is 22.3. The first kappa shape index (κ1) is 21.8. The Morgan fingerprint density at radius 3 is 2.09 bits per heavy atom. The molecule has 0 aliphatic heterocycles. The summed E-state index contributed by atoms with van der Waals surface area (Å²) in [6.45, 7) is 1.54. The molecule has 1 aliphatic carbocycles. The lowest BCUT2D eigenvalue weighted by Crippen LogP contribution is -2.41. The van der Waals surface area contributed by atoms with E-state index in [0.29, 0.717) is 5.75 Å². The number of methoxy groups -OCH3 is 2. The lowest BCUT2D eigenvalue weighted by molar-refractivity contribution is 0.137. The molecular weight excluding hydrogens is 400 g/mol. The summed E-state index contributed by atoms with van der Waals surface area (Å²) in [6, 6.07) is 24.5. The second-order valence-electron chi connectivity index (χ2n) is 8.03. The number of ether oxygens (including phenoxy) is 2. The number of hydrogen-bond donors (Lipinski definition) is 0. The lowest BCUT2D eigenvalue weighted by Gasteiger charge is -2.40. The molecule has 0 bridgehead atoms. The number of fused-ring (bicyclic) bond motifs is 1. The summed E-state index contributed by atoms with van der Waals surface area (Å²) >= 11 is 0. The number of hydrogen-bond acceptors (Lipinski definition) is 4. The van der Waals surface area contributed by atoms with Crippen LogP contribution in [0.4, 0.5) is 0 Å². The molecule has 0 N–H and O–H groups in total. The second-order valence-corrected chi connectivity index (χ2v) is 8.03. The predicted molar refractivity (Wildman–Crippen MR) is 126 cm³/mol. The minimum absolute atomic E-state index is 0.0515. The molecule has 2 atom stereocenters. The molecule has 0 spiro atoms. The smallest absolute Gasteiger partial charge is 0.126 e. The molecule has 0 amide bonds. The Morgan fingerprint density at radius 1 is 0.938 bits per heavy atom. The van der Waals surface area contributed by atoms with Crippen molar-refractivity contribution in [3.63, 3.8) is 0 Å². The van der Waals surface area contributed by atoms with E-state index in [-0.39, 0.29) is 12.1 Å². The number of nitrogens with zero attached hydrogens (tertiary/aromatic N) is 4. The monoisotopic (exact) mass is 428 g/mol. The van der Waals surface area contributed by atoms with E-state index >= 15 is 0 Å². The highest BCUT2D eigenvalue weighted by Gasteiger charge is 2.35. The molecule has 1 aliphatic rings. The van der Waals surface area contributed by atoms with Gasteiger partial charge in [-0.05, 0) is 46.7 Å². The minimum atomic E-state index is -0.333.